The van der Waals surface area contributed by atoms with Gasteiger partial charge in [0.05, 0.1) is 5.92 Å². The van der Waals surface area contributed by atoms with Gasteiger partial charge < -0.3 is 10.4 Å². The maximum Gasteiger partial charge on any atom is 0.312 e. The molecule has 2 N–H and O–H groups in total. The average Bonchev–Trinajstić information content (AvgIpc) is 3.03. The molecule has 1 atom stereocenters. The summed E-state index contributed by atoms with van der Waals surface area (Å²) in [6, 6.07) is 4.05. The van der Waals surface area contributed by atoms with Crippen molar-refractivity contribution < 1.29 is 9.90 Å². The van der Waals surface area contributed by atoms with Crippen molar-refractivity contribution in [2.24, 2.45) is 0 Å². The van der Waals surface area contributed by atoms with E-state index in [1.165, 1.54) is 12.8 Å². The second-order valence-electron chi connectivity index (χ2n) is 3.85. The maximum absolute atomic E-state index is 11.1. The molecule has 0 amide bonds. The molecule has 80 valence electrons. The lowest BCUT2D eigenvalue weighted by Gasteiger charge is -2.12. The summed E-state index contributed by atoms with van der Waals surface area (Å²) in [7, 11) is 0. The van der Waals surface area contributed by atoms with Gasteiger partial charge in [-0.15, -0.1) is 0 Å². The molecule has 2 rings (SSSR count). The Labute approximate surface area is 88.3 Å². The molecular weight excluding hydrogens is 192 g/mol. The minimum atomic E-state index is -0.783. The van der Waals surface area contributed by atoms with Crippen LogP contribution in [0.5, 0.6) is 0 Å². The predicted molar refractivity (Wildman–Crippen MR) is 55.6 cm³/mol. The third kappa shape index (κ3) is 2.76. The molecule has 1 aliphatic rings. The summed E-state index contributed by atoms with van der Waals surface area (Å²) in [5.74, 6) is -1.25. The second kappa shape index (κ2) is 4.40. The van der Waals surface area contributed by atoms with Gasteiger partial charge in [0.1, 0.15) is 0 Å². The molecule has 1 aromatic rings. The number of hydrogen-bond acceptors (Lipinski definition) is 3. The molecule has 1 unspecified atom stereocenters. The van der Waals surface area contributed by atoms with E-state index in [0.717, 1.165) is 5.56 Å². The fraction of sp³-hybridized carbons (Fsp3) is 0.455. The summed E-state index contributed by atoms with van der Waals surface area (Å²) >= 11 is 0. The predicted octanol–water partition coefficient (Wildman–Crippen LogP) is 1.00. The molecule has 1 aliphatic carbocycles. The number of carboxylic acids is 1. The van der Waals surface area contributed by atoms with Crippen molar-refractivity contribution in [2.45, 2.75) is 24.8 Å². The van der Waals surface area contributed by atoms with Gasteiger partial charge in [0.25, 0.3) is 0 Å². The molecule has 1 heterocycles. The number of hydrogen-bond donors (Lipinski definition) is 2. The molecular formula is C11H14N2O2. The zero-order chi connectivity index (χ0) is 10.7. The molecule has 0 saturated heterocycles. The van der Waals surface area contributed by atoms with E-state index in [1.807, 2.05) is 0 Å². The third-order valence-corrected chi connectivity index (χ3v) is 2.59. The van der Waals surface area contributed by atoms with Crippen LogP contribution in [0, 0.1) is 0 Å². The highest BCUT2D eigenvalue weighted by Gasteiger charge is 2.25. The first-order valence-electron chi connectivity index (χ1n) is 5.13. The lowest BCUT2D eigenvalue weighted by Crippen LogP contribution is -2.28. The van der Waals surface area contributed by atoms with E-state index in [1.54, 1.807) is 24.5 Å². The van der Waals surface area contributed by atoms with E-state index in [0.29, 0.717) is 12.6 Å². The summed E-state index contributed by atoms with van der Waals surface area (Å²) in [6.07, 6.45) is 5.59. The highest BCUT2D eigenvalue weighted by molar-refractivity contribution is 5.76. The van der Waals surface area contributed by atoms with E-state index in [9.17, 15) is 4.79 Å². The van der Waals surface area contributed by atoms with Crippen LogP contribution in [0.3, 0.4) is 0 Å². The molecule has 0 spiro atoms. The topological polar surface area (TPSA) is 62.2 Å². The van der Waals surface area contributed by atoms with E-state index >= 15 is 0 Å². The van der Waals surface area contributed by atoms with Gasteiger partial charge in [-0.1, -0.05) is 0 Å². The number of rotatable bonds is 5. The van der Waals surface area contributed by atoms with Gasteiger partial charge in [-0.25, -0.2) is 0 Å². The molecule has 0 aliphatic heterocycles. The van der Waals surface area contributed by atoms with Gasteiger partial charge >= 0.3 is 5.97 Å². The zero-order valence-electron chi connectivity index (χ0n) is 8.39. The van der Waals surface area contributed by atoms with Crippen molar-refractivity contribution in [3.63, 3.8) is 0 Å². The number of carboxylic acid groups (broad SMARTS) is 1. The monoisotopic (exact) mass is 206 g/mol. The Kier molecular flexibility index (Phi) is 2.97. The summed E-state index contributed by atoms with van der Waals surface area (Å²) in [4.78, 5) is 15.0. The highest BCUT2D eigenvalue weighted by atomic mass is 16.4. The van der Waals surface area contributed by atoms with E-state index in [2.05, 4.69) is 10.3 Å². The van der Waals surface area contributed by atoms with Crippen LogP contribution in [0.15, 0.2) is 24.5 Å². The Balaban J connectivity index is 2.01. The standard InChI is InChI=1S/C11H14N2O2/c14-11(15)10(7-13-9-1-2-9)8-3-5-12-6-4-8/h3-6,9-10,13H,1-2,7H2,(H,14,15). The first-order chi connectivity index (χ1) is 7.27. The molecule has 0 aromatic carbocycles. The summed E-state index contributed by atoms with van der Waals surface area (Å²) < 4.78 is 0. The fourth-order valence-electron chi connectivity index (χ4n) is 1.52. The molecule has 0 bridgehead atoms. The smallest absolute Gasteiger partial charge is 0.312 e. The summed E-state index contributed by atoms with van der Waals surface area (Å²) in [5.41, 5.74) is 0.811. The largest absolute Gasteiger partial charge is 0.481 e. The highest BCUT2D eigenvalue weighted by Crippen LogP contribution is 2.21. The lowest BCUT2D eigenvalue weighted by molar-refractivity contribution is -0.138. The SMILES string of the molecule is O=C(O)C(CNC1CC1)c1ccncc1. The maximum atomic E-state index is 11.1. The van der Waals surface area contributed by atoms with Crippen LogP contribution in [-0.2, 0) is 4.79 Å². The quantitative estimate of drug-likeness (QED) is 0.754. The molecule has 1 fully saturated rings. The number of aromatic nitrogens is 1. The second-order valence-corrected chi connectivity index (χ2v) is 3.85. The van der Waals surface area contributed by atoms with Crippen molar-refractivity contribution in [2.75, 3.05) is 6.54 Å². The van der Waals surface area contributed by atoms with Crippen molar-refractivity contribution in [3.05, 3.63) is 30.1 Å². The van der Waals surface area contributed by atoms with Crippen LogP contribution in [0.2, 0.25) is 0 Å². The zero-order valence-corrected chi connectivity index (χ0v) is 8.39. The Bertz CT molecular complexity index is 336. The molecule has 4 nitrogen and oxygen atoms in total. The van der Waals surface area contributed by atoms with Crippen LogP contribution in [0.4, 0.5) is 0 Å². The lowest BCUT2D eigenvalue weighted by atomic mass is 10.0. The number of nitrogens with zero attached hydrogens (tertiary/aromatic N) is 1. The number of carbonyl (C=O) groups is 1. The normalized spacial score (nSPS) is 17.3. The van der Waals surface area contributed by atoms with Crippen LogP contribution < -0.4 is 5.32 Å². The van der Waals surface area contributed by atoms with Gasteiger partial charge in [-0.2, -0.15) is 0 Å². The minimum Gasteiger partial charge on any atom is -0.481 e. The number of nitrogens with one attached hydrogen (secondary N) is 1. The van der Waals surface area contributed by atoms with Crippen LogP contribution in [-0.4, -0.2) is 28.6 Å². The molecule has 1 saturated carbocycles. The molecule has 0 radical (unpaired) electrons. The summed E-state index contributed by atoms with van der Waals surface area (Å²) in [6.45, 7) is 0.504. The minimum absolute atomic E-state index is 0.464. The average molecular weight is 206 g/mol. The Morgan fingerprint density at radius 2 is 2.20 bits per heavy atom. The Morgan fingerprint density at radius 3 is 2.73 bits per heavy atom. The van der Waals surface area contributed by atoms with Gasteiger partial charge in [-0.3, -0.25) is 9.78 Å². The first-order valence-corrected chi connectivity index (χ1v) is 5.13. The number of aliphatic carboxylic acids is 1. The van der Waals surface area contributed by atoms with E-state index in [-0.39, 0.29) is 0 Å². The van der Waals surface area contributed by atoms with Crippen molar-refractivity contribution in [1.29, 1.82) is 0 Å². The molecule has 1 aromatic heterocycles. The Morgan fingerprint density at radius 1 is 1.53 bits per heavy atom. The fourth-order valence-corrected chi connectivity index (χ4v) is 1.52. The van der Waals surface area contributed by atoms with Crippen molar-refractivity contribution >= 4 is 5.97 Å². The van der Waals surface area contributed by atoms with E-state index < -0.39 is 11.9 Å². The molecule has 15 heavy (non-hydrogen) atoms. The summed E-state index contributed by atoms with van der Waals surface area (Å²) in [5, 5.41) is 12.3. The van der Waals surface area contributed by atoms with Gasteiger partial charge in [0.15, 0.2) is 0 Å². The van der Waals surface area contributed by atoms with Gasteiger partial charge in [0, 0.05) is 25.0 Å². The van der Waals surface area contributed by atoms with Crippen molar-refractivity contribution in [1.82, 2.24) is 10.3 Å². The van der Waals surface area contributed by atoms with Crippen molar-refractivity contribution in [3.8, 4) is 0 Å². The van der Waals surface area contributed by atoms with E-state index in [4.69, 9.17) is 5.11 Å². The number of pyridine rings is 1. The Hall–Kier alpha value is -1.42. The third-order valence-electron chi connectivity index (χ3n) is 2.59. The molecule has 4 heteroatoms. The van der Waals surface area contributed by atoms with Crippen LogP contribution in [0.1, 0.15) is 24.3 Å². The van der Waals surface area contributed by atoms with Gasteiger partial charge in [0.2, 0.25) is 0 Å². The first kappa shape index (κ1) is 10.1. The van der Waals surface area contributed by atoms with Gasteiger partial charge in [-0.05, 0) is 30.5 Å². The van der Waals surface area contributed by atoms with Crippen LogP contribution in [0.25, 0.3) is 0 Å². The van der Waals surface area contributed by atoms with Crippen LogP contribution >= 0.6 is 0 Å².